The maximum Gasteiger partial charge on any atom is 0.324 e. The van der Waals surface area contributed by atoms with Gasteiger partial charge in [0.2, 0.25) is 0 Å². The highest BCUT2D eigenvalue weighted by Gasteiger charge is 2.42. The third kappa shape index (κ3) is 5.32. The molecule has 0 saturated carbocycles. The summed E-state index contributed by atoms with van der Waals surface area (Å²) in [6, 6.07) is 12.9. The average Bonchev–Trinajstić information content (AvgIpc) is 3.27. The van der Waals surface area contributed by atoms with Gasteiger partial charge in [0.25, 0.3) is 5.91 Å². The maximum absolute atomic E-state index is 10.9. The van der Waals surface area contributed by atoms with E-state index < -0.39 is 5.54 Å². The van der Waals surface area contributed by atoms with Gasteiger partial charge in [-0.2, -0.15) is 0 Å². The summed E-state index contributed by atoms with van der Waals surface area (Å²) >= 11 is 3.72. The Kier molecular flexibility index (Phi) is 6.87. The van der Waals surface area contributed by atoms with Gasteiger partial charge in [0.1, 0.15) is 5.54 Å². The lowest BCUT2D eigenvalue weighted by Gasteiger charge is -2.35. The van der Waals surface area contributed by atoms with E-state index in [2.05, 4.69) is 63.2 Å². The van der Waals surface area contributed by atoms with Gasteiger partial charge in [-0.1, -0.05) is 23.8 Å². The van der Waals surface area contributed by atoms with Gasteiger partial charge < -0.3 is 9.80 Å². The van der Waals surface area contributed by atoms with Crippen molar-refractivity contribution in [3.05, 3.63) is 47.3 Å². The summed E-state index contributed by atoms with van der Waals surface area (Å²) in [5, 5.41) is 4.35. The van der Waals surface area contributed by atoms with Crippen LogP contribution in [-0.4, -0.2) is 59.9 Å². The first-order valence-electron chi connectivity index (χ1n) is 9.64. The average molecular weight is 433 g/mol. The van der Waals surface area contributed by atoms with Crippen LogP contribution in [0.15, 0.2) is 46.0 Å². The van der Waals surface area contributed by atoms with Gasteiger partial charge in [0.15, 0.2) is 0 Å². The van der Waals surface area contributed by atoms with Crippen molar-refractivity contribution in [1.29, 1.82) is 0 Å². The van der Waals surface area contributed by atoms with E-state index in [0.717, 1.165) is 26.2 Å². The Balaban J connectivity index is 0.000000204. The molecule has 0 unspecified atom stereocenters. The van der Waals surface area contributed by atoms with Crippen LogP contribution < -0.4 is 10.2 Å². The summed E-state index contributed by atoms with van der Waals surface area (Å²) in [6.07, 6.45) is 0. The molecule has 156 valence electrons. The molecule has 4 rings (SSSR count). The van der Waals surface area contributed by atoms with Gasteiger partial charge in [-0.3, -0.25) is 10.1 Å². The molecule has 1 N–H and O–H groups in total. The van der Waals surface area contributed by atoms with Gasteiger partial charge in [0, 0.05) is 38.9 Å². The van der Waals surface area contributed by atoms with Crippen molar-refractivity contribution in [2.24, 2.45) is 0 Å². The molecule has 2 saturated heterocycles. The summed E-state index contributed by atoms with van der Waals surface area (Å²) in [7, 11) is 1.60. The monoisotopic (exact) mass is 432 g/mol. The molecule has 2 fully saturated rings. The summed E-state index contributed by atoms with van der Waals surface area (Å²) in [5.74, 6) is -0.236. The van der Waals surface area contributed by atoms with E-state index in [1.165, 1.54) is 20.4 Å². The Morgan fingerprint density at radius 2 is 1.69 bits per heavy atom. The molecular formula is C21H28N4O2S2. The fraction of sp³-hybridized carbons (Fsp3) is 0.429. The van der Waals surface area contributed by atoms with Crippen molar-refractivity contribution < 1.29 is 9.59 Å². The van der Waals surface area contributed by atoms with E-state index >= 15 is 0 Å². The van der Waals surface area contributed by atoms with E-state index in [4.69, 9.17) is 0 Å². The molecule has 29 heavy (non-hydrogen) atoms. The number of amides is 3. The number of hydrogen-bond donors (Lipinski definition) is 1. The molecule has 6 nitrogen and oxygen atoms in total. The maximum atomic E-state index is 10.9. The number of nitrogens with one attached hydrogen (secondary N) is 1. The molecular weight excluding hydrogens is 404 g/mol. The predicted octanol–water partition coefficient (Wildman–Crippen LogP) is 3.83. The number of anilines is 1. The number of rotatable bonds is 3. The Bertz CT molecular complexity index is 829. The van der Waals surface area contributed by atoms with Crippen LogP contribution in [0.1, 0.15) is 19.4 Å². The van der Waals surface area contributed by atoms with Gasteiger partial charge in [-0.15, -0.1) is 11.3 Å². The van der Waals surface area contributed by atoms with E-state index in [0.29, 0.717) is 0 Å². The number of carbonyl (C=O) groups is 2. The first-order chi connectivity index (χ1) is 13.8. The first-order valence-corrected chi connectivity index (χ1v) is 11.3. The second-order valence-corrected chi connectivity index (χ2v) is 10.00. The normalized spacial score (nSPS) is 19.0. The molecule has 8 heteroatoms. The van der Waals surface area contributed by atoms with Crippen molar-refractivity contribution in [3.63, 3.8) is 0 Å². The summed E-state index contributed by atoms with van der Waals surface area (Å²) in [6.45, 7) is 10.0. The molecule has 0 spiro atoms. The zero-order valence-corrected chi connectivity index (χ0v) is 19.0. The predicted molar refractivity (Wildman–Crippen MR) is 121 cm³/mol. The van der Waals surface area contributed by atoms with Crippen LogP contribution in [0.5, 0.6) is 0 Å². The fourth-order valence-corrected chi connectivity index (χ4v) is 4.82. The largest absolute Gasteiger partial charge is 0.369 e. The zero-order chi connectivity index (χ0) is 21.0. The van der Waals surface area contributed by atoms with Crippen molar-refractivity contribution in [2.75, 3.05) is 38.1 Å². The molecule has 0 radical (unpaired) electrons. The smallest absolute Gasteiger partial charge is 0.324 e. The van der Waals surface area contributed by atoms with Gasteiger partial charge >= 0.3 is 6.03 Å². The summed E-state index contributed by atoms with van der Waals surface area (Å²) < 4.78 is 3.86. The quantitative estimate of drug-likeness (QED) is 0.590. The molecule has 1 aromatic heterocycles. The Morgan fingerprint density at radius 3 is 2.14 bits per heavy atom. The molecule has 3 amide bonds. The van der Waals surface area contributed by atoms with Crippen molar-refractivity contribution in [2.45, 2.75) is 30.5 Å². The third-order valence-electron chi connectivity index (χ3n) is 5.27. The minimum absolute atomic E-state index is 0.236. The number of imide groups is 1. The van der Waals surface area contributed by atoms with Gasteiger partial charge in [-0.05, 0) is 56.3 Å². The minimum atomic E-state index is -0.683. The topological polar surface area (TPSA) is 55.9 Å². The van der Waals surface area contributed by atoms with E-state index in [-0.39, 0.29) is 11.9 Å². The summed E-state index contributed by atoms with van der Waals surface area (Å²) in [5.41, 5.74) is 2.00. The van der Waals surface area contributed by atoms with Crippen molar-refractivity contribution in [3.8, 4) is 0 Å². The van der Waals surface area contributed by atoms with Crippen LogP contribution in [0.4, 0.5) is 10.5 Å². The number of likely N-dealkylation sites (N-methyl/N-ethyl adjacent to an activating group) is 1. The van der Waals surface area contributed by atoms with E-state index in [1.807, 2.05) is 23.3 Å². The molecule has 2 aliphatic rings. The van der Waals surface area contributed by atoms with Crippen LogP contribution >= 0.6 is 23.3 Å². The first kappa shape index (κ1) is 21.7. The molecule has 0 bridgehead atoms. The number of aryl methyl sites for hydroxylation is 1. The lowest BCUT2D eigenvalue weighted by molar-refractivity contribution is -0.124. The summed E-state index contributed by atoms with van der Waals surface area (Å²) in [4.78, 5) is 25.6. The standard InChI is InChI=1S/C15H18N2S2.C6H10N2O2/c1-13-4-6-14(7-5-13)16-8-10-17(11-9-16)19-15-3-2-12-18-15;1-6(2)4(9)7-5(10)8(6)3/h2-7,12H,8-11H2,1H3;1-3H3,(H,7,9,10). The number of carbonyl (C=O) groups excluding carboxylic acids is 2. The van der Waals surface area contributed by atoms with Crippen molar-refractivity contribution >= 4 is 40.9 Å². The Hall–Kier alpha value is -2.03. The van der Waals surface area contributed by atoms with Crippen LogP contribution in [0, 0.1) is 6.92 Å². The van der Waals surface area contributed by atoms with E-state index in [1.54, 1.807) is 20.9 Å². The minimum Gasteiger partial charge on any atom is -0.369 e. The highest BCUT2D eigenvalue weighted by Crippen LogP contribution is 2.28. The Morgan fingerprint density at radius 1 is 1.03 bits per heavy atom. The van der Waals surface area contributed by atoms with Crippen LogP contribution in [0.2, 0.25) is 0 Å². The second kappa shape index (κ2) is 9.19. The van der Waals surface area contributed by atoms with E-state index in [9.17, 15) is 9.59 Å². The number of urea groups is 1. The molecule has 0 atom stereocenters. The van der Waals surface area contributed by atoms with Crippen LogP contribution in [-0.2, 0) is 4.79 Å². The number of thiophene rings is 1. The van der Waals surface area contributed by atoms with Gasteiger partial charge in [-0.25, -0.2) is 9.10 Å². The fourth-order valence-electron chi connectivity index (χ4n) is 2.98. The Labute approximate surface area is 181 Å². The molecule has 2 aromatic rings. The number of nitrogens with zero attached hydrogens (tertiary/aromatic N) is 3. The second-order valence-electron chi connectivity index (χ2n) is 7.65. The number of benzene rings is 1. The zero-order valence-electron chi connectivity index (χ0n) is 17.3. The third-order valence-corrected chi connectivity index (χ3v) is 7.38. The highest BCUT2D eigenvalue weighted by atomic mass is 32.2. The molecule has 3 heterocycles. The van der Waals surface area contributed by atoms with Crippen LogP contribution in [0.3, 0.4) is 0 Å². The lowest BCUT2D eigenvalue weighted by atomic mass is 10.1. The van der Waals surface area contributed by atoms with Gasteiger partial charge in [0.05, 0.1) is 4.21 Å². The number of hydrogen-bond acceptors (Lipinski definition) is 6. The highest BCUT2D eigenvalue weighted by molar-refractivity contribution is 7.98. The lowest BCUT2D eigenvalue weighted by Crippen LogP contribution is -2.43. The SMILES string of the molecule is CN1C(=O)NC(=O)C1(C)C.Cc1ccc(N2CCN(Sc3cccs3)CC2)cc1. The molecule has 2 aliphatic heterocycles. The molecule has 1 aromatic carbocycles. The number of piperazine rings is 1. The molecule has 0 aliphatic carbocycles. The van der Waals surface area contributed by atoms with Crippen molar-refractivity contribution in [1.82, 2.24) is 14.5 Å². The van der Waals surface area contributed by atoms with Crippen LogP contribution in [0.25, 0.3) is 0 Å².